The summed E-state index contributed by atoms with van der Waals surface area (Å²) in [6.45, 7) is 1.62. The zero-order valence-corrected chi connectivity index (χ0v) is 14.4. The van der Waals surface area contributed by atoms with E-state index >= 15 is 0 Å². The van der Waals surface area contributed by atoms with Crippen LogP contribution in [0.1, 0.15) is 6.92 Å². The fraction of sp³-hybridized carbons (Fsp3) is 0.133. The molecule has 0 aliphatic carbocycles. The minimum atomic E-state index is -3.25. The van der Waals surface area contributed by atoms with Gasteiger partial charge in [-0.05, 0) is 18.2 Å². The lowest BCUT2D eigenvalue weighted by Gasteiger charge is -2.09. The highest BCUT2D eigenvalue weighted by molar-refractivity contribution is 7.91. The maximum atomic E-state index is 12.0. The molecule has 0 saturated heterocycles. The van der Waals surface area contributed by atoms with E-state index in [9.17, 15) is 8.42 Å². The van der Waals surface area contributed by atoms with Crippen molar-refractivity contribution in [2.75, 3.05) is 16.4 Å². The third kappa shape index (κ3) is 3.87. The van der Waals surface area contributed by atoms with Crippen molar-refractivity contribution in [2.45, 2.75) is 11.8 Å². The smallest absolute Gasteiger partial charge is 0.188 e. The molecule has 0 fully saturated rings. The van der Waals surface area contributed by atoms with E-state index in [1.807, 2.05) is 5.38 Å². The van der Waals surface area contributed by atoms with Crippen LogP contribution in [0.4, 0.5) is 22.5 Å². The van der Waals surface area contributed by atoms with Gasteiger partial charge in [-0.15, -0.1) is 11.3 Å². The van der Waals surface area contributed by atoms with Crippen LogP contribution in [0, 0.1) is 0 Å². The normalized spacial score (nSPS) is 11.2. The van der Waals surface area contributed by atoms with E-state index < -0.39 is 9.84 Å². The van der Waals surface area contributed by atoms with Crippen LogP contribution in [0.5, 0.6) is 0 Å². The third-order valence-electron chi connectivity index (χ3n) is 3.18. The van der Waals surface area contributed by atoms with Crippen molar-refractivity contribution in [2.24, 2.45) is 0 Å². The molecule has 7 nitrogen and oxygen atoms in total. The van der Waals surface area contributed by atoms with Crippen LogP contribution in [0.2, 0.25) is 0 Å². The molecular weight excluding hydrogens is 346 g/mol. The molecule has 3 rings (SSSR count). The number of benzene rings is 1. The van der Waals surface area contributed by atoms with Crippen molar-refractivity contribution in [3.63, 3.8) is 0 Å². The lowest BCUT2D eigenvalue weighted by molar-refractivity contribution is 0.597. The van der Waals surface area contributed by atoms with E-state index in [1.54, 1.807) is 43.5 Å². The van der Waals surface area contributed by atoms with Crippen LogP contribution < -0.4 is 10.6 Å². The van der Waals surface area contributed by atoms with Crippen molar-refractivity contribution >= 4 is 43.6 Å². The molecule has 0 aliphatic rings. The zero-order valence-electron chi connectivity index (χ0n) is 12.8. The number of anilines is 4. The van der Waals surface area contributed by atoms with Crippen LogP contribution in [0.3, 0.4) is 0 Å². The molecule has 0 unspecified atom stereocenters. The molecule has 0 atom stereocenters. The highest BCUT2D eigenvalue weighted by atomic mass is 32.2. The van der Waals surface area contributed by atoms with Gasteiger partial charge in [0.2, 0.25) is 0 Å². The Kier molecular flexibility index (Phi) is 4.72. The standard InChI is InChI=1S/C15H15N5O2S2/c1-2-24(21,22)12-5-3-4-11(8-12)19-13-9-14(18-10-17-13)20-15-16-6-7-23-15/h3-10H,2H2,1H3,(H2,16,17,18,19,20). The average Bonchev–Trinajstić information content (AvgIpc) is 3.08. The van der Waals surface area contributed by atoms with E-state index in [2.05, 4.69) is 25.6 Å². The number of nitrogens with one attached hydrogen (secondary N) is 2. The summed E-state index contributed by atoms with van der Waals surface area (Å²) in [4.78, 5) is 12.7. The molecule has 0 radical (unpaired) electrons. The van der Waals surface area contributed by atoms with Gasteiger partial charge in [0.1, 0.15) is 18.0 Å². The Morgan fingerprint density at radius 1 is 1.08 bits per heavy atom. The minimum Gasteiger partial charge on any atom is -0.340 e. The molecule has 0 saturated carbocycles. The Morgan fingerprint density at radius 2 is 1.88 bits per heavy atom. The highest BCUT2D eigenvalue weighted by Crippen LogP contribution is 2.22. The molecule has 0 aliphatic heterocycles. The number of nitrogens with zero attached hydrogens (tertiary/aromatic N) is 3. The van der Waals surface area contributed by atoms with Gasteiger partial charge in [0, 0.05) is 23.3 Å². The summed E-state index contributed by atoms with van der Waals surface area (Å²) >= 11 is 1.47. The van der Waals surface area contributed by atoms with Gasteiger partial charge in [0.25, 0.3) is 0 Å². The SMILES string of the molecule is CCS(=O)(=O)c1cccc(Nc2cc(Nc3nccs3)ncn2)c1. The summed E-state index contributed by atoms with van der Waals surface area (Å²) in [5, 5.41) is 8.76. The summed E-state index contributed by atoms with van der Waals surface area (Å²) in [6.07, 6.45) is 3.12. The molecule has 1 aromatic carbocycles. The van der Waals surface area contributed by atoms with Crippen molar-refractivity contribution < 1.29 is 8.42 Å². The Labute approximate surface area is 143 Å². The predicted octanol–water partition coefficient (Wildman–Crippen LogP) is 3.21. The summed E-state index contributed by atoms with van der Waals surface area (Å²) in [6, 6.07) is 8.38. The first-order chi connectivity index (χ1) is 11.6. The maximum Gasteiger partial charge on any atom is 0.188 e. The second-order valence-corrected chi connectivity index (χ2v) is 7.98. The van der Waals surface area contributed by atoms with Gasteiger partial charge in [-0.2, -0.15) is 0 Å². The van der Waals surface area contributed by atoms with E-state index in [1.165, 1.54) is 17.7 Å². The van der Waals surface area contributed by atoms with E-state index in [4.69, 9.17) is 0 Å². The fourth-order valence-corrected chi connectivity index (χ4v) is 3.43. The summed E-state index contributed by atoms with van der Waals surface area (Å²) in [5.41, 5.74) is 0.642. The minimum absolute atomic E-state index is 0.0614. The van der Waals surface area contributed by atoms with E-state index in [0.717, 1.165) is 5.13 Å². The van der Waals surface area contributed by atoms with Crippen LogP contribution in [0.15, 0.2) is 53.1 Å². The summed E-state index contributed by atoms with van der Waals surface area (Å²) in [7, 11) is -3.25. The molecule has 2 heterocycles. The van der Waals surface area contributed by atoms with Gasteiger partial charge in [0.05, 0.1) is 10.6 Å². The molecule has 2 aromatic heterocycles. The molecular formula is C15H15N5O2S2. The Bertz CT molecular complexity index is 927. The van der Waals surface area contributed by atoms with Crippen molar-refractivity contribution in [3.8, 4) is 0 Å². The number of aromatic nitrogens is 3. The fourth-order valence-electron chi connectivity index (χ4n) is 1.97. The first-order valence-electron chi connectivity index (χ1n) is 7.15. The zero-order chi connectivity index (χ0) is 17.0. The van der Waals surface area contributed by atoms with Gasteiger partial charge >= 0.3 is 0 Å². The van der Waals surface area contributed by atoms with Crippen molar-refractivity contribution in [3.05, 3.63) is 48.2 Å². The van der Waals surface area contributed by atoms with Crippen molar-refractivity contribution in [1.29, 1.82) is 0 Å². The summed E-state index contributed by atoms with van der Waals surface area (Å²) in [5.74, 6) is 1.21. The highest BCUT2D eigenvalue weighted by Gasteiger charge is 2.12. The predicted molar refractivity (Wildman–Crippen MR) is 94.9 cm³/mol. The summed E-state index contributed by atoms with van der Waals surface area (Å²) < 4.78 is 23.9. The topological polar surface area (TPSA) is 96.9 Å². The first-order valence-corrected chi connectivity index (χ1v) is 9.68. The molecule has 9 heteroatoms. The van der Waals surface area contributed by atoms with Gasteiger partial charge in [-0.3, -0.25) is 0 Å². The molecule has 0 amide bonds. The molecule has 124 valence electrons. The number of sulfone groups is 1. The third-order valence-corrected chi connectivity index (χ3v) is 5.60. The molecule has 2 N–H and O–H groups in total. The lowest BCUT2D eigenvalue weighted by atomic mass is 10.3. The molecule has 3 aromatic rings. The molecule has 0 bridgehead atoms. The van der Waals surface area contributed by atoms with E-state index in [0.29, 0.717) is 17.3 Å². The van der Waals surface area contributed by atoms with Gasteiger partial charge in [-0.1, -0.05) is 13.0 Å². The van der Waals surface area contributed by atoms with Crippen LogP contribution in [-0.4, -0.2) is 29.1 Å². The number of rotatable bonds is 6. The number of hydrogen-bond donors (Lipinski definition) is 2. The van der Waals surface area contributed by atoms with Crippen molar-refractivity contribution in [1.82, 2.24) is 15.0 Å². The van der Waals surface area contributed by atoms with Gasteiger partial charge in [-0.25, -0.2) is 23.4 Å². The average molecular weight is 361 g/mol. The monoisotopic (exact) mass is 361 g/mol. The van der Waals surface area contributed by atoms with Crippen LogP contribution in [0.25, 0.3) is 0 Å². The Morgan fingerprint density at radius 3 is 2.58 bits per heavy atom. The maximum absolute atomic E-state index is 12.0. The number of hydrogen-bond acceptors (Lipinski definition) is 8. The largest absolute Gasteiger partial charge is 0.340 e. The molecule has 24 heavy (non-hydrogen) atoms. The second kappa shape index (κ2) is 6.93. The Hall–Kier alpha value is -2.52. The van der Waals surface area contributed by atoms with Gasteiger partial charge < -0.3 is 10.6 Å². The quantitative estimate of drug-likeness (QED) is 0.696. The van der Waals surface area contributed by atoms with Crippen LogP contribution >= 0.6 is 11.3 Å². The number of thiazole rings is 1. The first kappa shape index (κ1) is 16.3. The Balaban J connectivity index is 1.80. The van der Waals surface area contributed by atoms with Gasteiger partial charge in [0.15, 0.2) is 15.0 Å². The second-order valence-electron chi connectivity index (χ2n) is 4.81. The van der Waals surface area contributed by atoms with Crippen LogP contribution in [-0.2, 0) is 9.84 Å². The molecule has 0 spiro atoms. The van der Waals surface area contributed by atoms with E-state index in [-0.39, 0.29) is 10.6 Å². The lowest BCUT2D eigenvalue weighted by Crippen LogP contribution is -2.04.